The molecule has 0 amide bonds. The molecule has 0 aliphatic carbocycles. The average Bonchev–Trinajstić information content (AvgIpc) is 2.47. The zero-order valence-electron chi connectivity index (χ0n) is 10.8. The maximum atomic E-state index is 12.1. The van der Waals surface area contributed by atoms with E-state index in [4.69, 9.17) is 14.2 Å². The summed E-state index contributed by atoms with van der Waals surface area (Å²) in [6.45, 7) is 0. The first-order valence-electron chi connectivity index (χ1n) is 5.74. The Morgan fingerprint density at radius 2 is 1.63 bits per heavy atom. The largest absolute Gasteiger partial charge is 0.493 e. The molecule has 0 saturated carbocycles. The molecule has 2 aromatic carbocycles. The molecule has 4 nitrogen and oxygen atoms in total. The molecule has 0 spiro atoms. The van der Waals surface area contributed by atoms with Crippen LogP contribution < -0.4 is 14.2 Å². The fraction of sp³-hybridized carbons (Fsp3) is 0.133. The molecule has 0 aliphatic heterocycles. The smallest absolute Gasteiger partial charge is 0.347 e. The Labute approximate surface area is 111 Å². The Kier molecular flexibility index (Phi) is 4.03. The van der Waals surface area contributed by atoms with Gasteiger partial charge in [0, 0.05) is 0 Å². The van der Waals surface area contributed by atoms with Gasteiger partial charge in [0.15, 0.2) is 11.5 Å². The van der Waals surface area contributed by atoms with Crippen molar-refractivity contribution in [2.75, 3.05) is 14.2 Å². The van der Waals surface area contributed by atoms with Crippen molar-refractivity contribution < 1.29 is 19.0 Å². The van der Waals surface area contributed by atoms with E-state index in [0.717, 1.165) is 0 Å². The first-order chi connectivity index (χ1) is 9.26. The average molecular weight is 258 g/mol. The lowest BCUT2D eigenvalue weighted by Gasteiger charge is -2.11. The number of hydrogen-bond donors (Lipinski definition) is 0. The van der Waals surface area contributed by atoms with Gasteiger partial charge in [-0.25, -0.2) is 4.79 Å². The Balaban J connectivity index is 2.29. The van der Waals surface area contributed by atoms with E-state index in [-0.39, 0.29) is 0 Å². The van der Waals surface area contributed by atoms with Crippen molar-refractivity contribution in [2.45, 2.75) is 0 Å². The third kappa shape index (κ3) is 2.85. The van der Waals surface area contributed by atoms with Crippen LogP contribution in [0.15, 0.2) is 48.5 Å². The number of hydrogen-bond acceptors (Lipinski definition) is 4. The molecule has 4 heteroatoms. The molecule has 0 N–H and O–H groups in total. The summed E-state index contributed by atoms with van der Waals surface area (Å²) in [6.07, 6.45) is 0. The Bertz CT molecular complexity index is 564. The molecule has 19 heavy (non-hydrogen) atoms. The van der Waals surface area contributed by atoms with Crippen LogP contribution in [0, 0.1) is 0 Å². The number of carbonyl (C=O) groups excluding carboxylic acids is 1. The molecule has 0 saturated heterocycles. The van der Waals surface area contributed by atoms with Gasteiger partial charge in [-0.1, -0.05) is 24.3 Å². The summed E-state index contributed by atoms with van der Waals surface area (Å²) in [5.41, 5.74) is 0.325. The second-order valence-corrected chi connectivity index (χ2v) is 3.74. The molecular weight excluding hydrogens is 244 g/mol. The molecule has 0 fully saturated rings. The van der Waals surface area contributed by atoms with Crippen LogP contribution in [-0.4, -0.2) is 20.2 Å². The van der Waals surface area contributed by atoms with E-state index in [1.807, 2.05) is 6.07 Å². The number of para-hydroxylation sites is 2. The maximum Gasteiger partial charge on any atom is 0.347 e. The molecular formula is C15H14O4. The van der Waals surface area contributed by atoms with E-state index in [2.05, 4.69) is 0 Å². The fourth-order valence-corrected chi connectivity index (χ4v) is 1.70. The topological polar surface area (TPSA) is 44.8 Å². The molecule has 2 rings (SSSR count). The molecule has 0 heterocycles. The van der Waals surface area contributed by atoms with Crippen LogP contribution in [0.5, 0.6) is 17.2 Å². The quantitative estimate of drug-likeness (QED) is 0.624. The molecule has 0 unspecified atom stereocenters. The molecule has 0 radical (unpaired) electrons. The standard InChI is InChI=1S/C15H14O4/c1-17-13-10-6-9-12(14(13)18-2)15(16)19-11-7-4-3-5-8-11/h3-10H,1-2H3. The van der Waals surface area contributed by atoms with Gasteiger partial charge < -0.3 is 14.2 Å². The highest BCUT2D eigenvalue weighted by Crippen LogP contribution is 2.31. The summed E-state index contributed by atoms with van der Waals surface area (Å²) < 4.78 is 15.6. The monoisotopic (exact) mass is 258 g/mol. The van der Waals surface area contributed by atoms with Gasteiger partial charge >= 0.3 is 5.97 Å². The Morgan fingerprint density at radius 1 is 0.895 bits per heavy atom. The lowest BCUT2D eigenvalue weighted by molar-refractivity contribution is 0.0730. The third-order valence-electron chi connectivity index (χ3n) is 2.58. The van der Waals surface area contributed by atoms with Crippen LogP contribution in [0.25, 0.3) is 0 Å². The van der Waals surface area contributed by atoms with Gasteiger partial charge in [-0.2, -0.15) is 0 Å². The summed E-state index contributed by atoms with van der Waals surface area (Å²) in [5.74, 6) is 0.857. The first kappa shape index (κ1) is 13.0. The summed E-state index contributed by atoms with van der Waals surface area (Å²) in [7, 11) is 3.00. The molecule has 2 aromatic rings. The van der Waals surface area contributed by atoms with E-state index in [1.54, 1.807) is 42.5 Å². The summed E-state index contributed by atoms with van der Waals surface area (Å²) in [4.78, 5) is 12.1. The molecule has 0 atom stereocenters. The molecule has 0 aromatic heterocycles. The van der Waals surface area contributed by atoms with Gasteiger partial charge in [0.1, 0.15) is 11.3 Å². The summed E-state index contributed by atoms with van der Waals surface area (Å²) in [5, 5.41) is 0. The van der Waals surface area contributed by atoms with Crippen molar-refractivity contribution in [3.63, 3.8) is 0 Å². The van der Waals surface area contributed by atoms with E-state index in [0.29, 0.717) is 22.8 Å². The van der Waals surface area contributed by atoms with Crippen LogP contribution in [0.3, 0.4) is 0 Å². The first-order valence-corrected chi connectivity index (χ1v) is 5.74. The summed E-state index contributed by atoms with van der Waals surface area (Å²) >= 11 is 0. The van der Waals surface area contributed by atoms with Gasteiger partial charge in [0.2, 0.25) is 0 Å². The number of esters is 1. The second-order valence-electron chi connectivity index (χ2n) is 3.74. The minimum Gasteiger partial charge on any atom is -0.493 e. The number of benzene rings is 2. The van der Waals surface area contributed by atoms with Crippen molar-refractivity contribution >= 4 is 5.97 Å². The van der Waals surface area contributed by atoms with Crippen LogP contribution in [0.2, 0.25) is 0 Å². The second kappa shape index (κ2) is 5.91. The van der Waals surface area contributed by atoms with Crippen molar-refractivity contribution in [3.8, 4) is 17.2 Å². The molecule has 0 bridgehead atoms. The van der Waals surface area contributed by atoms with Gasteiger partial charge in [0.25, 0.3) is 0 Å². The number of ether oxygens (including phenoxy) is 3. The van der Waals surface area contributed by atoms with E-state index >= 15 is 0 Å². The predicted molar refractivity (Wildman–Crippen MR) is 70.9 cm³/mol. The highest BCUT2D eigenvalue weighted by molar-refractivity contribution is 5.95. The van der Waals surface area contributed by atoms with Gasteiger partial charge in [-0.15, -0.1) is 0 Å². The predicted octanol–water partition coefficient (Wildman–Crippen LogP) is 2.92. The van der Waals surface area contributed by atoms with Crippen LogP contribution in [-0.2, 0) is 0 Å². The van der Waals surface area contributed by atoms with E-state index in [9.17, 15) is 4.79 Å². The lowest BCUT2D eigenvalue weighted by Crippen LogP contribution is -2.10. The van der Waals surface area contributed by atoms with Gasteiger partial charge in [-0.05, 0) is 24.3 Å². The molecule has 98 valence electrons. The fourth-order valence-electron chi connectivity index (χ4n) is 1.70. The zero-order valence-corrected chi connectivity index (χ0v) is 10.8. The lowest BCUT2D eigenvalue weighted by atomic mass is 10.2. The van der Waals surface area contributed by atoms with Crippen molar-refractivity contribution in [2.24, 2.45) is 0 Å². The number of carbonyl (C=O) groups is 1. The van der Waals surface area contributed by atoms with Crippen molar-refractivity contribution in [1.29, 1.82) is 0 Å². The highest BCUT2D eigenvalue weighted by atomic mass is 16.5. The van der Waals surface area contributed by atoms with E-state index in [1.165, 1.54) is 14.2 Å². The number of rotatable bonds is 4. The minimum atomic E-state index is -0.484. The van der Waals surface area contributed by atoms with Crippen LogP contribution >= 0.6 is 0 Å². The van der Waals surface area contributed by atoms with E-state index < -0.39 is 5.97 Å². The molecule has 0 aliphatic rings. The van der Waals surface area contributed by atoms with Crippen LogP contribution in [0.1, 0.15) is 10.4 Å². The third-order valence-corrected chi connectivity index (χ3v) is 2.58. The van der Waals surface area contributed by atoms with Gasteiger partial charge in [-0.3, -0.25) is 0 Å². The number of methoxy groups -OCH3 is 2. The Hall–Kier alpha value is -2.49. The normalized spacial score (nSPS) is 9.79. The highest BCUT2D eigenvalue weighted by Gasteiger charge is 2.18. The minimum absolute atomic E-state index is 0.325. The Morgan fingerprint density at radius 3 is 2.26 bits per heavy atom. The zero-order chi connectivity index (χ0) is 13.7. The van der Waals surface area contributed by atoms with Crippen molar-refractivity contribution in [1.82, 2.24) is 0 Å². The van der Waals surface area contributed by atoms with Gasteiger partial charge in [0.05, 0.1) is 14.2 Å². The van der Waals surface area contributed by atoms with Crippen molar-refractivity contribution in [3.05, 3.63) is 54.1 Å². The summed E-state index contributed by atoms with van der Waals surface area (Å²) in [6, 6.07) is 13.9. The SMILES string of the molecule is COc1cccc(C(=O)Oc2ccccc2)c1OC. The van der Waals surface area contributed by atoms with Crippen LogP contribution in [0.4, 0.5) is 0 Å². The maximum absolute atomic E-state index is 12.1.